The van der Waals surface area contributed by atoms with Crippen molar-refractivity contribution in [3.63, 3.8) is 0 Å². The molecule has 0 aromatic heterocycles. The van der Waals surface area contributed by atoms with Gasteiger partial charge in [0.1, 0.15) is 48.2 Å². The van der Waals surface area contributed by atoms with Crippen molar-refractivity contribution in [2.45, 2.75) is 170 Å². The van der Waals surface area contributed by atoms with Gasteiger partial charge in [0, 0.05) is 4.90 Å². The summed E-state index contributed by atoms with van der Waals surface area (Å²) >= 11 is 1.56. The predicted molar refractivity (Wildman–Crippen MR) is 317 cm³/mol. The van der Waals surface area contributed by atoms with Gasteiger partial charge in [0.25, 0.3) is 0 Å². The number of esters is 1. The van der Waals surface area contributed by atoms with Gasteiger partial charge in [-0.05, 0) is 82.8 Å². The van der Waals surface area contributed by atoms with Crippen molar-refractivity contribution in [2.75, 3.05) is 13.2 Å². The average molecular weight is 1130 g/mol. The van der Waals surface area contributed by atoms with Gasteiger partial charge in [-0.25, -0.2) is 4.79 Å². The van der Waals surface area contributed by atoms with Gasteiger partial charge in [-0.1, -0.05) is 211 Å². The van der Waals surface area contributed by atoms with Crippen molar-refractivity contribution >= 4 is 34.4 Å². The van der Waals surface area contributed by atoms with Crippen molar-refractivity contribution in [3.8, 4) is 0 Å². The van der Waals surface area contributed by atoms with E-state index in [1.165, 1.54) is 0 Å². The molecule has 2 fully saturated rings. The number of rotatable bonds is 24. The highest BCUT2D eigenvalue weighted by Crippen LogP contribution is 2.45. The van der Waals surface area contributed by atoms with E-state index >= 15 is 0 Å². The van der Waals surface area contributed by atoms with E-state index in [2.05, 4.69) is 104 Å². The van der Waals surface area contributed by atoms with Gasteiger partial charge in [0.05, 0.1) is 45.2 Å². The van der Waals surface area contributed by atoms with Crippen LogP contribution in [-0.2, 0) is 73.2 Å². The van der Waals surface area contributed by atoms with Gasteiger partial charge in [-0.15, -0.1) is 0 Å². The van der Waals surface area contributed by atoms with E-state index in [4.69, 9.17) is 46.7 Å². The maximum atomic E-state index is 14.6. The van der Waals surface area contributed by atoms with Crippen LogP contribution in [0.25, 0.3) is 0 Å². The smallest absolute Gasteiger partial charge is 0.338 e. The molecule has 422 valence electrons. The van der Waals surface area contributed by atoms with Crippen LogP contribution in [0.1, 0.15) is 74.2 Å². The summed E-state index contributed by atoms with van der Waals surface area (Å²) in [5, 5.41) is -0.439. The summed E-state index contributed by atoms with van der Waals surface area (Å²) in [5.41, 5.74) is 3.79. The third-order valence-corrected chi connectivity index (χ3v) is 25.7. The van der Waals surface area contributed by atoms with E-state index < -0.39 is 83.2 Å². The number of carbonyl (C=O) groups excluding carboxylic acids is 1. The van der Waals surface area contributed by atoms with E-state index in [1.807, 2.05) is 133 Å². The molecule has 2 heterocycles. The zero-order valence-electron chi connectivity index (χ0n) is 47.7. The molecule has 0 radical (unpaired) electrons. The Morgan fingerprint density at radius 1 is 0.443 bits per heavy atom. The van der Waals surface area contributed by atoms with Crippen LogP contribution in [0.15, 0.2) is 187 Å². The van der Waals surface area contributed by atoms with Crippen LogP contribution in [0.2, 0.25) is 36.3 Å². The Morgan fingerprint density at radius 3 is 1.33 bits per heavy atom. The molecule has 6 aromatic carbocycles. The molecule has 14 heteroatoms. The summed E-state index contributed by atoms with van der Waals surface area (Å²) in [6.45, 7) is 23.4. The molecule has 11 nitrogen and oxygen atoms in total. The van der Waals surface area contributed by atoms with Crippen LogP contribution >= 0.6 is 11.8 Å². The molecule has 2 aliphatic heterocycles. The summed E-state index contributed by atoms with van der Waals surface area (Å²) in [5.74, 6) is -0.540. The molecule has 79 heavy (non-hydrogen) atoms. The van der Waals surface area contributed by atoms with Crippen LogP contribution in [0.3, 0.4) is 0 Å². The number of hydrogen-bond acceptors (Lipinski definition) is 12. The standard InChI is InChI=1S/C65H82O11SSi2/c1-64(2,3)78(7,8)75-56-53(45-67-41-47-29-17-11-18-30-47)72-62(59(58(56)76-79(9,10)65(4,5)6)74-61(66)51-37-25-15-26-38-51)71-46-54-55(68-42-48-31-19-12-20-32-48)57(69-43-49-33-21-13-22-34-49)60(70-44-50-35-23-14-24-36-50)63(73-54)77-52-39-27-16-28-40-52/h11-40,53-60,62-63H,41-46H2,1-10H3/t53-,54-,55-,56-,57+,58+,59-,60-,62?,63+/m1/s1. The van der Waals surface area contributed by atoms with Gasteiger partial charge in [0.2, 0.25) is 0 Å². The Bertz CT molecular complexity index is 2730. The Morgan fingerprint density at radius 2 is 0.848 bits per heavy atom. The number of thioether (sulfide) groups is 1. The average Bonchev–Trinajstić information content (AvgIpc) is 3.53. The SMILES string of the molecule is CC(C)(C)[Si](C)(C)O[C@H]1[C@H](O[Si](C)(C)C(C)(C)C)[C@@H](OC(=O)c2ccccc2)C(OC[C@H]2O[C@@H](Sc3ccccc3)[C@H](OCc3ccccc3)[C@@H](OCc3ccccc3)[C@@H]2OCc2ccccc2)O[C@@H]1COCc1ccccc1. The third-order valence-electron chi connectivity index (χ3n) is 15.6. The third kappa shape index (κ3) is 16.7. The minimum atomic E-state index is -2.70. The number of ether oxygens (including phenoxy) is 8. The van der Waals surface area contributed by atoms with E-state index in [0.29, 0.717) is 18.8 Å². The number of benzene rings is 6. The van der Waals surface area contributed by atoms with E-state index in [-0.39, 0.29) is 36.5 Å². The van der Waals surface area contributed by atoms with Gasteiger partial charge in [-0.2, -0.15) is 0 Å². The lowest BCUT2D eigenvalue weighted by Crippen LogP contribution is -2.67. The zero-order valence-corrected chi connectivity index (χ0v) is 50.6. The van der Waals surface area contributed by atoms with Crippen molar-refractivity contribution < 1.29 is 51.5 Å². The highest BCUT2D eigenvalue weighted by Gasteiger charge is 2.57. The van der Waals surface area contributed by atoms with Crippen LogP contribution in [0.4, 0.5) is 0 Å². The molecule has 0 spiro atoms. The largest absolute Gasteiger partial charge is 0.450 e. The molecule has 10 atom stereocenters. The van der Waals surface area contributed by atoms with Gasteiger partial charge in [-0.3, -0.25) is 0 Å². The molecule has 0 bridgehead atoms. The van der Waals surface area contributed by atoms with Gasteiger partial charge < -0.3 is 46.7 Å². The molecule has 6 aromatic rings. The maximum absolute atomic E-state index is 14.6. The molecular formula is C65H82O11SSi2. The second-order valence-corrected chi connectivity index (χ2v) is 34.2. The van der Waals surface area contributed by atoms with Gasteiger partial charge >= 0.3 is 5.97 Å². The van der Waals surface area contributed by atoms with Crippen LogP contribution < -0.4 is 0 Å². The first-order valence-corrected chi connectivity index (χ1v) is 34.4. The molecule has 0 aliphatic carbocycles. The Balaban J connectivity index is 1.22. The normalized spacial score (nSPS) is 24.0. The second-order valence-electron chi connectivity index (χ2n) is 23.6. The molecule has 0 N–H and O–H groups in total. The molecule has 0 amide bonds. The topological polar surface area (TPSA) is 109 Å². The molecule has 2 aliphatic rings. The first-order valence-electron chi connectivity index (χ1n) is 27.7. The van der Waals surface area contributed by atoms with E-state index in [0.717, 1.165) is 27.1 Å². The van der Waals surface area contributed by atoms with Crippen molar-refractivity contribution in [1.82, 2.24) is 0 Å². The second kappa shape index (κ2) is 27.8. The minimum Gasteiger partial charge on any atom is -0.450 e. The Kier molecular flexibility index (Phi) is 21.2. The maximum Gasteiger partial charge on any atom is 0.338 e. The fraction of sp³-hybridized carbons (Fsp3) is 0.431. The van der Waals surface area contributed by atoms with Crippen molar-refractivity contribution in [1.29, 1.82) is 0 Å². The van der Waals surface area contributed by atoms with Crippen LogP contribution in [0, 0.1) is 0 Å². The molecular weight excluding hydrogens is 1040 g/mol. The number of hydrogen-bond donors (Lipinski definition) is 0. The van der Waals surface area contributed by atoms with Crippen LogP contribution in [0.5, 0.6) is 0 Å². The zero-order chi connectivity index (χ0) is 56.0. The lowest BCUT2D eigenvalue weighted by molar-refractivity contribution is -0.312. The quantitative estimate of drug-likeness (QED) is 0.0425. The summed E-state index contributed by atoms with van der Waals surface area (Å²) in [6.07, 6.45) is -7.42. The fourth-order valence-corrected chi connectivity index (χ4v) is 12.8. The molecule has 1 unspecified atom stereocenters. The fourth-order valence-electron chi connectivity index (χ4n) is 9.01. The first-order chi connectivity index (χ1) is 37.8. The van der Waals surface area contributed by atoms with Crippen molar-refractivity contribution in [3.05, 3.63) is 210 Å². The van der Waals surface area contributed by atoms with Crippen molar-refractivity contribution in [2.24, 2.45) is 0 Å². The highest BCUT2D eigenvalue weighted by molar-refractivity contribution is 7.99. The van der Waals surface area contributed by atoms with E-state index in [9.17, 15) is 4.79 Å². The lowest BCUT2D eigenvalue weighted by Gasteiger charge is -2.52. The Hall–Kier alpha value is -4.79. The van der Waals surface area contributed by atoms with Crippen LogP contribution in [-0.4, -0.2) is 96.4 Å². The Labute approximate surface area is 476 Å². The summed E-state index contributed by atoms with van der Waals surface area (Å²) in [4.78, 5) is 15.6. The van der Waals surface area contributed by atoms with E-state index in [1.54, 1.807) is 23.9 Å². The monoisotopic (exact) mass is 1130 g/mol. The summed E-state index contributed by atoms with van der Waals surface area (Å²) < 4.78 is 71.5. The highest BCUT2D eigenvalue weighted by atomic mass is 32.2. The molecule has 2 saturated heterocycles. The lowest BCUT2D eigenvalue weighted by atomic mass is 9.98. The first kappa shape index (κ1) is 60.3. The number of carbonyl (C=O) groups is 1. The minimum absolute atomic E-state index is 0.0654. The molecule has 0 saturated carbocycles. The predicted octanol–water partition coefficient (Wildman–Crippen LogP) is 14.2. The van der Waals surface area contributed by atoms with Gasteiger partial charge in [0.15, 0.2) is 29.0 Å². The summed E-state index contributed by atoms with van der Waals surface area (Å²) in [6, 6.07) is 59.6. The molecule has 8 rings (SSSR count). The summed E-state index contributed by atoms with van der Waals surface area (Å²) in [7, 11) is -5.31.